The first kappa shape index (κ1) is 16.4. The molecule has 0 bridgehead atoms. The van der Waals surface area contributed by atoms with Crippen LogP contribution in [0.15, 0.2) is 6.07 Å². The zero-order chi connectivity index (χ0) is 15.3. The van der Waals surface area contributed by atoms with E-state index in [-0.39, 0.29) is 11.9 Å². The summed E-state index contributed by atoms with van der Waals surface area (Å²) in [6.45, 7) is 8.18. The van der Waals surface area contributed by atoms with Gasteiger partial charge < -0.3 is 16.4 Å². The molecule has 1 heterocycles. The molecule has 0 radical (unpaired) electrons. The summed E-state index contributed by atoms with van der Waals surface area (Å²) in [5.74, 6) is 0.0203. The lowest BCUT2D eigenvalue weighted by molar-refractivity contribution is -0.121. The number of amides is 1. The molecule has 1 rings (SSSR count). The van der Waals surface area contributed by atoms with Crippen LogP contribution in [0.1, 0.15) is 37.2 Å². The number of carbonyl (C=O) groups is 1. The van der Waals surface area contributed by atoms with Crippen LogP contribution in [0.4, 0.5) is 5.69 Å². The van der Waals surface area contributed by atoms with E-state index in [4.69, 9.17) is 18.0 Å². The maximum Gasteiger partial charge on any atom is 0.221 e. The van der Waals surface area contributed by atoms with Crippen molar-refractivity contribution in [3.05, 3.63) is 23.0 Å². The van der Waals surface area contributed by atoms with E-state index in [0.717, 1.165) is 22.6 Å². The highest BCUT2D eigenvalue weighted by Crippen LogP contribution is 2.19. The van der Waals surface area contributed by atoms with Gasteiger partial charge in [-0.25, -0.2) is 0 Å². The minimum absolute atomic E-state index is 0.0203. The average molecular weight is 294 g/mol. The van der Waals surface area contributed by atoms with Crippen molar-refractivity contribution in [2.24, 2.45) is 5.73 Å². The number of pyridine rings is 1. The second-order valence-corrected chi connectivity index (χ2v) is 5.47. The van der Waals surface area contributed by atoms with Crippen LogP contribution < -0.4 is 16.4 Å². The Morgan fingerprint density at radius 3 is 2.65 bits per heavy atom. The zero-order valence-corrected chi connectivity index (χ0v) is 13.2. The summed E-state index contributed by atoms with van der Waals surface area (Å²) in [7, 11) is 0. The molecule has 1 aromatic heterocycles. The molecule has 0 saturated carbocycles. The lowest BCUT2D eigenvalue weighted by atomic mass is 10.1. The van der Waals surface area contributed by atoms with E-state index in [1.807, 2.05) is 33.8 Å². The van der Waals surface area contributed by atoms with E-state index in [0.29, 0.717) is 18.0 Å². The number of rotatable bonds is 6. The second kappa shape index (κ2) is 7.19. The highest BCUT2D eigenvalue weighted by atomic mass is 32.1. The minimum atomic E-state index is 0.0203. The first-order valence-corrected chi connectivity index (χ1v) is 7.03. The maximum atomic E-state index is 11.6. The molecule has 1 aromatic rings. The Kier molecular flexibility index (Phi) is 5.88. The van der Waals surface area contributed by atoms with Gasteiger partial charge in [0.25, 0.3) is 0 Å². The number of anilines is 1. The predicted molar refractivity (Wildman–Crippen MR) is 86.0 cm³/mol. The number of aromatic nitrogens is 1. The van der Waals surface area contributed by atoms with Gasteiger partial charge in [-0.2, -0.15) is 0 Å². The predicted octanol–water partition coefficient (Wildman–Crippen LogP) is 1.66. The van der Waals surface area contributed by atoms with Gasteiger partial charge in [-0.3, -0.25) is 9.78 Å². The molecule has 0 aliphatic heterocycles. The number of carbonyl (C=O) groups excluding carboxylic acids is 1. The number of aryl methyl sites for hydroxylation is 2. The number of nitrogens with one attached hydrogen (secondary N) is 2. The first-order valence-electron chi connectivity index (χ1n) is 6.62. The summed E-state index contributed by atoms with van der Waals surface area (Å²) in [6.07, 6.45) is 0.398. The van der Waals surface area contributed by atoms with Crippen LogP contribution in [0.25, 0.3) is 0 Å². The van der Waals surface area contributed by atoms with Crippen LogP contribution >= 0.6 is 12.2 Å². The highest BCUT2D eigenvalue weighted by molar-refractivity contribution is 7.80. The van der Waals surface area contributed by atoms with E-state index in [1.54, 1.807) is 0 Å². The van der Waals surface area contributed by atoms with Gasteiger partial charge >= 0.3 is 0 Å². The average Bonchev–Trinajstić information content (AvgIpc) is 2.25. The van der Waals surface area contributed by atoms with Crippen molar-refractivity contribution in [3.63, 3.8) is 0 Å². The molecule has 0 atom stereocenters. The van der Waals surface area contributed by atoms with Crippen molar-refractivity contribution in [2.45, 2.75) is 40.2 Å². The summed E-state index contributed by atoms with van der Waals surface area (Å²) in [5.41, 5.74) is 9.00. The van der Waals surface area contributed by atoms with Crippen molar-refractivity contribution >= 4 is 28.8 Å². The lowest BCUT2D eigenvalue weighted by Gasteiger charge is -2.14. The number of thiocarbonyl (C=S) groups is 1. The molecule has 0 saturated heterocycles. The monoisotopic (exact) mass is 294 g/mol. The van der Waals surface area contributed by atoms with E-state index in [9.17, 15) is 4.79 Å². The lowest BCUT2D eigenvalue weighted by Crippen LogP contribution is -2.31. The van der Waals surface area contributed by atoms with E-state index in [2.05, 4.69) is 15.6 Å². The van der Waals surface area contributed by atoms with Gasteiger partial charge in [0, 0.05) is 36.1 Å². The Balaban J connectivity index is 2.73. The van der Waals surface area contributed by atoms with Crippen molar-refractivity contribution in [1.82, 2.24) is 10.3 Å². The molecule has 20 heavy (non-hydrogen) atoms. The molecule has 4 N–H and O–H groups in total. The van der Waals surface area contributed by atoms with Gasteiger partial charge in [-0.1, -0.05) is 12.2 Å². The quantitative estimate of drug-likeness (QED) is 0.695. The van der Waals surface area contributed by atoms with Crippen LogP contribution in [0, 0.1) is 13.8 Å². The zero-order valence-electron chi connectivity index (χ0n) is 12.4. The van der Waals surface area contributed by atoms with Gasteiger partial charge in [0.2, 0.25) is 5.91 Å². The van der Waals surface area contributed by atoms with Gasteiger partial charge in [0.05, 0.1) is 5.56 Å². The fourth-order valence-electron chi connectivity index (χ4n) is 1.98. The molecule has 6 heteroatoms. The van der Waals surface area contributed by atoms with Crippen molar-refractivity contribution in [2.75, 3.05) is 11.9 Å². The number of hydrogen-bond donors (Lipinski definition) is 3. The third-order valence-corrected chi connectivity index (χ3v) is 2.90. The summed E-state index contributed by atoms with van der Waals surface area (Å²) < 4.78 is 0. The molecule has 0 aliphatic rings. The smallest absolute Gasteiger partial charge is 0.221 e. The summed E-state index contributed by atoms with van der Waals surface area (Å²) in [5, 5.41) is 6.06. The molecule has 5 nitrogen and oxygen atoms in total. The summed E-state index contributed by atoms with van der Waals surface area (Å²) in [4.78, 5) is 16.2. The third kappa shape index (κ3) is 4.77. The van der Waals surface area contributed by atoms with Crippen LogP contribution in [-0.4, -0.2) is 28.5 Å². The Morgan fingerprint density at radius 2 is 2.10 bits per heavy atom. The molecule has 0 aromatic carbocycles. The largest absolute Gasteiger partial charge is 0.389 e. The number of hydrogen-bond acceptors (Lipinski definition) is 4. The fourth-order valence-corrected chi connectivity index (χ4v) is 2.24. The van der Waals surface area contributed by atoms with Crippen LogP contribution in [0.3, 0.4) is 0 Å². The molecule has 110 valence electrons. The summed E-state index contributed by atoms with van der Waals surface area (Å²) >= 11 is 5.06. The number of nitrogens with two attached hydrogens (primary N) is 1. The molecule has 0 spiro atoms. The Bertz CT molecular complexity index is 514. The van der Waals surface area contributed by atoms with E-state index >= 15 is 0 Å². The van der Waals surface area contributed by atoms with Crippen molar-refractivity contribution < 1.29 is 4.79 Å². The Hall–Kier alpha value is -1.69. The van der Waals surface area contributed by atoms with Gasteiger partial charge in [-0.05, 0) is 33.8 Å². The van der Waals surface area contributed by atoms with Gasteiger partial charge in [0.15, 0.2) is 0 Å². The standard InChI is InChI=1S/C14H22N4OS/c1-8(2)17-12(19)5-6-16-11-7-9(3)18-10(4)13(11)14(15)20/h7-8H,5-6H2,1-4H3,(H2,15,20)(H,16,18)(H,17,19). The first-order chi connectivity index (χ1) is 9.31. The van der Waals surface area contributed by atoms with Crippen molar-refractivity contribution in [3.8, 4) is 0 Å². The normalized spacial score (nSPS) is 10.4. The SMILES string of the molecule is Cc1cc(NCCC(=O)NC(C)C)c(C(N)=S)c(C)n1. The summed E-state index contributed by atoms with van der Waals surface area (Å²) in [6, 6.07) is 2.04. The van der Waals surface area contributed by atoms with E-state index in [1.165, 1.54) is 0 Å². The maximum absolute atomic E-state index is 11.6. The third-order valence-electron chi connectivity index (χ3n) is 2.69. The topological polar surface area (TPSA) is 80.0 Å². The van der Waals surface area contributed by atoms with Crippen molar-refractivity contribution in [1.29, 1.82) is 0 Å². The molecule has 0 fully saturated rings. The number of nitrogens with zero attached hydrogens (tertiary/aromatic N) is 1. The van der Waals surface area contributed by atoms with Gasteiger partial charge in [0.1, 0.15) is 4.99 Å². The molecule has 0 unspecified atom stereocenters. The molecular formula is C14H22N4OS. The van der Waals surface area contributed by atoms with Crippen LogP contribution in [-0.2, 0) is 4.79 Å². The second-order valence-electron chi connectivity index (χ2n) is 5.03. The molecule has 0 aliphatic carbocycles. The van der Waals surface area contributed by atoms with Crippen LogP contribution in [0.5, 0.6) is 0 Å². The van der Waals surface area contributed by atoms with Gasteiger partial charge in [-0.15, -0.1) is 0 Å². The fraction of sp³-hybridized carbons (Fsp3) is 0.500. The molecule has 1 amide bonds. The minimum Gasteiger partial charge on any atom is -0.389 e. The Morgan fingerprint density at radius 1 is 1.45 bits per heavy atom. The molecular weight excluding hydrogens is 272 g/mol. The van der Waals surface area contributed by atoms with Crippen LogP contribution in [0.2, 0.25) is 0 Å². The Labute approximate surface area is 125 Å². The highest BCUT2D eigenvalue weighted by Gasteiger charge is 2.11. The van der Waals surface area contributed by atoms with E-state index < -0.39 is 0 Å².